The number of hydrogen-bond donors (Lipinski definition) is 2. The summed E-state index contributed by atoms with van der Waals surface area (Å²) in [6.45, 7) is 0.841. The van der Waals surface area contributed by atoms with Crippen LogP contribution in [0.5, 0.6) is 5.75 Å². The molecule has 0 saturated carbocycles. The highest BCUT2D eigenvalue weighted by molar-refractivity contribution is 7.73. The Balaban J connectivity index is 1.81. The first-order chi connectivity index (χ1) is 12.2. The van der Waals surface area contributed by atoms with E-state index >= 15 is 0 Å². The van der Waals surface area contributed by atoms with Crippen molar-refractivity contribution >= 4 is 38.9 Å². The molecule has 128 valence electrons. The maximum Gasteiger partial charge on any atom is 0.222 e. The molecule has 1 aliphatic heterocycles. The molecule has 0 saturated heterocycles. The van der Waals surface area contributed by atoms with Gasteiger partial charge in [0.25, 0.3) is 0 Å². The Kier molecular flexibility index (Phi) is 3.93. The number of ether oxygens (including phenoxy) is 1. The zero-order valence-electron chi connectivity index (χ0n) is 13.6. The predicted octanol–water partition coefficient (Wildman–Crippen LogP) is 2.88. The summed E-state index contributed by atoms with van der Waals surface area (Å²) in [5.41, 5.74) is 4.70. The van der Waals surface area contributed by atoms with Crippen molar-refractivity contribution < 1.29 is 13.2 Å². The number of thiol groups is 1. The van der Waals surface area contributed by atoms with E-state index in [4.69, 9.17) is 4.74 Å². The summed E-state index contributed by atoms with van der Waals surface area (Å²) in [5, 5.41) is 1.03. The zero-order valence-corrected chi connectivity index (χ0v) is 14.5. The summed E-state index contributed by atoms with van der Waals surface area (Å²) in [7, 11) is -1.04. The second-order valence-corrected chi connectivity index (χ2v) is 6.57. The summed E-state index contributed by atoms with van der Waals surface area (Å²) in [6, 6.07) is 13.5. The highest BCUT2D eigenvalue weighted by atomic mass is 32.2. The number of rotatable bonds is 4. The van der Waals surface area contributed by atoms with Gasteiger partial charge in [-0.05, 0) is 42.3 Å². The molecule has 0 fully saturated rings. The Morgan fingerprint density at radius 1 is 1.12 bits per heavy atom. The molecule has 1 aromatic heterocycles. The number of methoxy groups -OCH3 is 1. The fraction of sp³-hybridized carbons (Fsp3) is 0.167. The van der Waals surface area contributed by atoms with Crippen LogP contribution < -0.4 is 14.4 Å². The normalized spacial score (nSPS) is 13.3. The molecular formula is C18H17N3O3S. The molecule has 0 aliphatic carbocycles. The molecule has 25 heavy (non-hydrogen) atoms. The molecule has 1 N–H and O–H groups in total. The van der Waals surface area contributed by atoms with Crippen LogP contribution in [0.1, 0.15) is 5.56 Å². The fourth-order valence-corrected chi connectivity index (χ4v) is 3.63. The van der Waals surface area contributed by atoms with Gasteiger partial charge in [0.2, 0.25) is 10.9 Å². The number of hydrogen-bond acceptors (Lipinski definition) is 5. The molecule has 4 rings (SSSR count). The van der Waals surface area contributed by atoms with Gasteiger partial charge in [0.05, 0.1) is 24.0 Å². The molecule has 2 heterocycles. The average Bonchev–Trinajstić information content (AvgIpc) is 3.03. The van der Waals surface area contributed by atoms with Gasteiger partial charge in [-0.3, -0.25) is 9.71 Å². The molecule has 0 bridgehead atoms. The molecule has 0 unspecified atom stereocenters. The lowest BCUT2D eigenvalue weighted by atomic mass is 10.1. The minimum atomic E-state index is -2.68. The lowest BCUT2D eigenvalue weighted by molar-refractivity contribution is 0.415. The quantitative estimate of drug-likeness (QED) is 0.704. The number of nitrogens with zero attached hydrogens (tertiary/aromatic N) is 2. The van der Waals surface area contributed by atoms with E-state index in [1.165, 1.54) is 5.56 Å². The number of fused-ring (bicyclic) bond motifs is 2. The summed E-state index contributed by atoms with van der Waals surface area (Å²) in [6.07, 6.45) is 2.70. The van der Waals surface area contributed by atoms with Crippen LogP contribution in [0.2, 0.25) is 0 Å². The summed E-state index contributed by atoms with van der Waals surface area (Å²) in [4.78, 5) is 6.64. The Labute approximate surface area is 147 Å². The first-order valence-corrected chi connectivity index (χ1v) is 9.08. The first-order valence-electron chi connectivity index (χ1n) is 7.90. The van der Waals surface area contributed by atoms with E-state index in [2.05, 4.69) is 14.6 Å². The van der Waals surface area contributed by atoms with Crippen molar-refractivity contribution in [1.82, 2.24) is 4.98 Å². The molecule has 2 aromatic carbocycles. The third kappa shape index (κ3) is 2.87. The smallest absolute Gasteiger partial charge is 0.222 e. The number of benzene rings is 2. The van der Waals surface area contributed by atoms with Gasteiger partial charge in [-0.1, -0.05) is 6.07 Å². The van der Waals surface area contributed by atoms with Crippen molar-refractivity contribution in [2.75, 3.05) is 23.3 Å². The van der Waals surface area contributed by atoms with Gasteiger partial charge in [0.15, 0.2) is 0 Å². The topological polar surface area (TPSA) is 71.5 Å². The van der Waals surface area contributed by atoms with Crippen LogP contribution in [0, 0.1) is 0 Å². The third-order valence-electron chi connectivity index (χ3n) is 4.42. The fourth-order valence-electron chi connectivity index (χ4n) is 3.28. The van der Waals surface area contributed by atoms with Gasteiger partial charge in [-0.2, -0.15) is 0 Å². The van der Waals surface area contributed by atoms with E-state index in [1.54, 1.807) is 19.4 Å². The van der Waals surface area contributed by atoms with Gasteiger partial charge in [-0.15, -0.1) is 0 Å². The van der Waals surface area contributed by atoms with Crippen LogP contribution >= 0.6 is 0 Å². The van der Waals surface area contributed by atoms with Crippen LogP contribution in [-0.2, 0) is 17.3 Å². The van der Waals surface area contributed by atoms with Crippen molar-refractivity contribution in [2.45, 2.75) is 6.42 Å². The maximum atomic E-state index is 10.9. The lowest BCUT2D eigenvalue weighted by Crippen LogP contribution is -2.14. The second-order valence-electron chi connectivity index (χ2n) is 5.83. The van der Waals surface area contributed by atoms with E-state index in [0.717, 1.165) is 41.0 Å². The van der Waals surface area contributed by atoms with Crippen LogP contribution in [0.25, 0.3) is 10.9 Å². The maximum absolute atomic E-state index is 10.9. The van der Waals surface area contributed by atoms with Crippen LogP contribution in [0.3, 0.4) is 0 Å². The molecule has 0 radical (unpaired) electrons. The van der Waals surface area contributed by atoms with Crippen molar-refractivity contribution in [3.8, 4) is 5.75 Å². The number of nitrogens with one attached hydrogen (secondary N) is 1. The van der Waals surface area contributed by atoms with E-state index < -0.39 is 10.9 Å². The molecule has 0 amide bonds. The molecule has 3 aromatic rings. The van der Waals surface area contributed by atoms with E-state index in [9.17, 15) is 8.42 Å². The SMILES string of the molecule is COc1ccc2c(N3CCc4ccc(N[SH](=O)=O)cc43)ccnc2c1. The van der Waals surface area contributed by atoms with Crippen molar-refractivity contribution in [2.24, 2.45) is 0 Å². The first kappa shape index (κ1) is 15.7. The number of anilines is 3. The standard InChI is InChI=1S/C18H17N3O3S/c1-24-14-4-5-15-16(11-14)19-8-6-17(15)21-9-7-12-2-3-13(10-18(12)21)20-25(22)23/h2-6,8,10-11,25H,7,9H2,1H3,(H,20,22,23). The van der Waals surface area contributed by atoms with Gasteiger partial charge in [-0.25, -0.2) is 8.42 Å². The highest BCUT2D eigenvalue weighted by Crippen LogP contribution is 2.39. The number of aromatic nitrogens is 1. The van der Waals surface area contributed by atoms with Crippen LogP contribution in [0.15, 0.2) is 48.7 Å². The van der Waals surface area contributed by atoms with Gasteiger partial charge >= 0.3 is 0 Å². The van der Waals surface area contributed by atoms with Crippen molar-refractivity contribution in [3.63, 3.8) is 0 Å². The van der Waals surface area contributed by atoms with Crippen LogP contribution in [-0.4, -0.2) is 27.1 Å². The minimum absolute atomic E-state index is 0.571. The van der Waals surface area contributed by atoms with Gasteiger partial charge in [0.1, 0.15) is 5.75 Å². The summed E-state index contributed by atoms with van der Waals surface area (Å²) >= 11 is 0. The van der Waals surface area contributed by atoms with Crippen molar-refractivity contribution in [3.05, 3.63) is 54.2 Å². The van der Waals surface area contributed by atoms with Crippen LogP contribution in [0.4, 0.5) is 17.1 Å². The van der Waals surface area contributed by atoms with E-state index in [0.29, 0.717) is 5.69 Å². The Bertz CT molecular complexity index is 1030. The average molecular weight is 355 g/mol. The molecule has 7 heteroatoms. The third-order valence-corrected chi connectivity index (χ3v) is 4.86. The second kappa shape index (κ2) is 6.25. The largest absolute Gasteiger partial charge is 0.497 e. The Hall–Kier alpha value is -2.80. The summed E-state index contributed by atoms with van der Waals surface area (Å²) in [5.74, 6) is 0.768. The zero-order chi connectivity index (χ0) is 17.4. The molecule has 1 aliphatic rings. The van der Waals surface area contributed by atoms with Gasteiger partial charge < -0.3 is 9.64 Å². The van der Waals surface area contributed by atoms with Gasteiger partial charge in [0, 0.05) is 29.9 Å². The lowest BCUT2D eigenvalue weighted by Gasteiger charge is -2.22. The molecule has 0 spiro atoms. The molecular weight excluding hydrogens is 338 g/mol. The monoisotopic (exact) mass is 355 g/mol. The highest BCUT2D eigenvalue weighted by Gasteiger charge is 2.22. The molecule has 6 nitrogen and oxygen atoms in total. The van der Waals surface area contributed by atoms with Crippen molar-refractivity contribution in [1.29, 1.82) is 0 Å². The number of pyridine rings is 1. The summed E-state index contributed by atoms with van der Waals surface area (Å²) < 4.78 is 29.6. The predicted molar refractivity (Wildman–Crippen MR) is 99.4 cm³/mol. The van der Waals surface area contributed by atoms with E-state index in [-0.39, 0.29) is 0 Å². The Morgan fingerprint density at radius 2 is 2.00 bits per heavy atom. The minimum Gasteiger partial charge on any atom is -0.497 e. The molecule has 0 atom stereocenters. The van der Waals surface area contributed by atoms with E-state index in [1.807, 2.05) is 36.4 Å². The Morgan fingerprint density at radius 3 is 2.80 bits per heavy atom.